The fourth-order valence-corrected chi connectivity index (χ4v) is 4.47. The van der Waals surface area contributed by atoms with E-state index in [1.165, 1.54) is 46.8 Å². The number of hydrogen-bond acceptors (Lipinski definition) is 5. The molecule has 1 aliphatic heterocycles. The lowest BCUT2D eigenvalue weighted by molar-refractivity contribution is -0.384. The van der Waals surface area contributed by atoms with Gasteiger partial charge in [0.25, 0.3) is 5.69 Å². The lowest BCUT2D eigenvalue weighted by atomic mass is 10.2. The fourth-order valence-electron chi connectivity index (χ4n) is 2.91. The smallest absolute Gasteiger partial charge is 0.270 e. The number of anilines is 1. The third kappa shape index (κ3) is 4.62. The molecule has 0 radical (unpaired) electrons. The molecule has 1 heterocycles. The Hall–Kier alpha value is -3.04. The quantitative estimate of drug-likeness (QED) is 0.454. The van der Waals surface area contributed by atoms with Crippen molar-refractivity contribution < 1.29 is 18.1 Å². The zero-order valence-corrected chi connectivity index (χ0v) is 15.8. The summed E-state index contributed by atoms with van der Waals surface area (Å²) in [7, 11) is -3.57. The van der Waals surface area contributed by atoms with E-state index in [2.05, 4.69) is 5.32 Å². The highest BCUT2D eigenvalue weighted by molar-refractivity contribution is 7.89. The molecule has 0 aromatic heterocycles. The molecule has 146 valence electrons. The van der Waals surface area contributed by atoms with E-state index in [0.29, 0.717) is 24.3 Å². The first-order valence-corrected chi connectivity index (χ1v) is 10.1. The molecule has 28 heavy (non-hydrogen) atoms. The second-order valence-electron chi connectivity index (χ2n) is 6.31. The molecule has 3 rings (SSSR count). The second-order valence-corrected chi connectivity index (χ2v) is 8.25. The Morgan fingerprint density at radius 1 is 1.11 bits per heavy atom. The molecule has 1 aliphatic rings. The van der Waals surface area contributed by atoms with Gasteiger partial charge in [-0.3, -0.25) is 14.9 Å². The van der Waals surface area contributed by atoms with Crippen molar-refractivity contribution in [3.63, 3.8) is 0 Å². The zero-order chi connectivity index (χ0) is 20.1. The Morgan fingerprint density at radius 2 is 1.82 bits per heavy atom. The van der Waals surface area contributed by atoms with E-state index in [1.807, 2.05) is 0 Å². The number of nitro benzene ring substituents is 1. The first kappa shape index (κ1) is 19.7. The molecule has 8 nitrogen and oxygen atoms in total. The minimum absolute atomic E-state index is 0.0672. The van der Waals surface area contributed by atoms with Gasteiger partial charge in [-0.05, 0) is 42.7 Å². The summed E-state index contributed by atoms with van der Waals surface area (Å²) in [5.74, 6) is -0.470. The van der Waals surface area contributed by atoms with Crippen LogP contribution < -0.4 is 5.32 Å². The van der Waals surface area contributed by atoms with Gasteiger partial charge < -0.3 is 5.32 Å². The van der Waals surface area contributed by atoms with Crippen molar-refractivity contribution in [3.8, 4) is 0 Å². The molecule has 1 fully saturated rings. The van der Waals surface area contributed by atoms with Crippen LogP contribution in [0.2, 0.25) is 0 Å². The molecule has 2 aromatic rings. The van der Waals surface area contributed by atoms with Gasteiger partial charge in [0, 0.05) is 37.0 Å². The number of amides is 1. The van der Waals surface area contributed by atoms with Gasteiger partial charge in [-0.2, -0.15) is 4.31 Å². The molecular weight excluding hydrogens is 382 g/mol. The maximum Gasteiger partial charge on any atom is 0.270 e. The number of hydrogen-bond donors (Lipinski definition) is 1. The third-order valence-electron chi connectivity index (χ3n) is 4.31. The van der Waals surface area contributed by atoms with Crippen molar-refractivity contribution in [2.75, 3.05) is 18.4 Å². The molecule has 2 aromatic carbocycles. The highest BCUT2D eigenvalue weighted by Crippen LogP contribution is 2.23. The second kappa shape index (κ2) is 8.32. The van der Waals surface area contributed by atoms with E-state index in [9.17, 15) is 23.3 Å². The first-order chi connectivity index (χ1) is 13.4. The van der Waals surface area contributed by atoms with Crippen LogP contribution in [0.5, 0.6) is 0 Å². The number of sulfonamides is 1. The van der Waals surface area contributed by atoms with E-state index in [1.54, 1.807) is 18.2 Å². The van der Waals surface area contributed by atoms with Gasteiger partial charge in [0.2, 0.25) is 15.9 Å². The number of nitro groups is 1. The van der Waals surface area contributed by atoms with Crippen LogP contribution in [0.4, 0.5) is 11.4 Å². The van der Waals surface area contributed by atoms with Crippen LogP contribution in [-0.2, 0) is 14.8 Å². The van der Waals surface area contributed by atoms with Crippen LogP contribution in [0.3, 0.4) is 0 Å². The number of rotatable bonds is 6. The molecule has 0 saturated carbocycles. The van der Waals surface area contributed by atoms with E-state index >= 15 is 0 Å². The molecule has 0 unspecified atom stereocenters. The summed E-state index contributed by atoms with van der Waals surface area (Å²) in [6.07, 6.45) is 4.38. The molecule has 9 heteroatoms. The van der Waals surface area contributed by atoms with Crippen LogP contribution in [0.1, 0.15) is 18.4 Å². The van der Waals surface area contributed by atoms with Crippen LogP contribution >= 0.6 is 0 Å². The topological polar surface area (TPSA) is 110 Å². The summed E-state index contributed by atoms with van der Waals surface area (Å²) in [5.41, 5.74) is 0.797. The Labute approximate surface area is 162 Å². The molecule has 1 N–H and O–H groups in total. The van der Waals surface area contributed by atoms with Crippen molar-refractivity contribution in [3.05, 3.63) is 70.3 Å². The van der Waals surface area contributed by atoms with E-state index in [-0.39, 0.29) is 10.6 Å². The van der Waals surface area contributed by atoms with Gasteiger partial charge >= 0.3 is 0 Å². The van der Waals surface area contributed by atoms with Gasteiger partial charge in [-0.15, -0.1) is 0 Å². The average Bonchev–Trinajstić information content (AvgIpc) is 3.22. The van der Waals surface area contributed by atoms with Crippen LogP contribution in [0.25, 0.3) is 6.08 Å². The monoisotopic (exact) mass is 401 g/mol. The lowest BCUT2D eigenvalue weighted by Gasteiger charge is -2.16. The number of nitrogens with one attached hydrogen (secondary N) is 1. The minimum atomic E-state index is -3.57. The molecule has 0 spiro atoms. The molecule has 1 amide bonds. The summed E-state index contributed by atoms with van der Waals surface area (Å²) in [5, 5.41) is 13.4. The number of carbonyl (C=O) groups is 1. The van der Waals surface area contributed by atoms with Gasteiger partial charge in [-0.25, -0.2) is 8.42 Å². The van der Waals surface area contributed by atoms with Crippen molar-refractivity contribution in [2.24, 2.45) is 0 Å². The zero-order valence-electron chi connectivity index (χ0n) is 14.9. The summed E-state index contributed by atoms with van der Waals surface area (Å²) in [4.78, 5) is 22.5. The SMILES string of the molecule is O=C(/C=C/c1cccc([N+](=O)[O-])c1)Nc1cccc(S(=O)(=O)N2CCCC2)c1. The summed E-state index contributed by atoms with van der Waals surface area (Å²) in [6, 6.07) is 12.0. The fraction of sp³-hybridized carbons (Fsp3) is 0.211. The highest BCUT2D eigenvalue weighted by Gasteiger charge is 2.27. The maximum absolute atomic E-state index is 12.6. The summed E-state index contributed by atoms with van der Waals surface area (Å²) in [6.45, 7) is 1.01. The number of benzene rings is 2. The Morgan fingerprint density at radius 3 is 2.54 bits per heavy atom. The summed E-state index contributed by atoms with van der Waals surface area (Å²) < 4.78 is 26.7. The number of nitrogens with zero attached hydrogens (tertiary/aromatic N) is 2. The Bertz CT molecular complexity index is 1030. The average molecular weight is 401 g/mol. The first-order valence-electron chi connectivity index (χ1n) is 8.70. The van der Waals surface area contributed by atoms with Crippen LogP contribution in [-0.4, -0.2) is 36.6 Å². The molecule has 0 aliphatic carbocycles. The van der Waals surface area contributed by atoms with Gasteiger partial charge in [-0.1, -0.05) is 18.2 Å². The molecule has 0 bridgehead atoms. The largest absolute Gasteiger partial charge is 0.322 e. The van der Waals surface area contributed by atoms with E-state index in [0.717, 1.165) is 12.8 Å². The van der Waals surface area contributed by atoms with Crippen molar-refractivity contribution in [1.29, 1.82) is 0 Å². The number of non-ortho nitro benzene ring substituents is 1. The van der Waals surface area contributed by atoms with Crippen molar-refractivity contribution in [2.45, 2.75) is 17.7 Å². The molecule has 0 atom stereocenters. The van der Waals surface area contributed by atoms with Crippen molar-refractivity contribution >= 4 is 33.4 Å². The van der Waals surface area contributed by atoms with Gasteiger partial charge in [0.15, 0.2) is 0 Å². The maximum atomic E-state index is 12.6. The van der Waals surface area contributed by atoms with E-state index < -0.39 is 20.9 Å². The predicted molar refractivity (Wildman–Crippen MR) is 105 cm³/mol. The van der Waals surface area contributed by atoms with E-state index in [4.69, 9.17) is 0 Å². The van der Waals surface area contributed by atoms with Gasteiger partial charge in [0.1, 0.15) is 0 Å². The standard InChI is InChI=1S/C19H19N3O5S/c23-19(10-9-15-5-3-7-17(13-15)22(24)25)20-16-6-4-8-18(14-16)28(26,27)21-11-1-2-12-21/h3-10,13-14H,1-2,11-12H2,(H,20,23)/b10-9+. The van der Waals surface area contributed by atoms with Crippen LogP contribution in [0, 0.1) is 10.1 Å². The normalized spacial score (nSPS) is 15.0. The lowest BCUT2D eigenvalue weighted by Crippen LogP contribution is -2.27. The Kier molecular flexibility index (Phi) is 5.86. The highest BCUT2D eigenvalue weighted by atomic mass is 32.2. The molecular formula is C19H19N3O5S. The van der Waals surface area contributed by atoms with Crippen LogP contribution in [0.15, 0.2) is 59.5 Å². The third-order valence-corrected chi connectivity index (χ3v) is 6.21. The predicted octanol–water partition coefficient (Wildman–Crippen LogP) is 3.03. The number of carbonyl (C=O) groups excluding carboxylic acids is 1. The van der Waals surface area contributed by atoms with Crippen molar-refractivity contribution in [1.82, 2.24) is 4.31 Å². The molecule has 1 saturated heterocycles. The van der Waals surface area contributed by atoms with Gasteiger partial charge in [0.05, 0.1) is 9.82 Å². The Balaban J connectivity index is 1.71. The minimum Gasteiger partial charge on any atom is -0.322 e. The summed E-state index contributed by atoms with van der Waals surface area (Å²) >= 11 is 0.